The third kappa shape index (κ3) is 11.0. The average molecular weight is 1330 g/mol. The molecular weight excluding hydrogens is 1260 g/mol. The molecule has 102 heavy (non-hydrogen) atoms. The van der Waals surface area contributed by atoms with E-state index in [-0.39, 0.29) is 13.2 Å². The van der Waals surface area contributed by atoms with Gasteiger partial charge in [0.25, 0.3) is 0 Å². The van der Waals surface area contributed by atoms with E-state index in [1.165, 1.54) is 27.8 Å². The second kappa shape index (κ2) is 26.8. The second-order valence-corrected chi connectivity index (χ2v) is 26.0. The lowest BCUT2D eigenvalue weighted by molar-refractivity contribution is 0.122. The summed E-state index contributed by atoms with van der Waals surface area (Å²) < 4.78 is 37.3. The highest BCUT2D eigenvalue weighted by atomic mass is 16.5. The van der Waals surface area contributed by atoms with Crippen LogP contribution in [0.3, 0.4) is 0 Å². The van der Waals surface area contributed by atoms with Crippen LogP contribution in [0.1, 0.15) is 77.9 Å². The molecule has 14 aromatic carbocycles. The van der Waals surface area contributed by atoms with Crippen molar-refractivity contribution in [2.24, 2.45) is 0 Å². The van der Waals surface area contributed by atoms with Crippen LogP contribution in [0.2, 0.25) is 0 Å². The number of fused-ring (bicyclic) bond motifs is 6. The molecule has 0 heterocycles. The van der Waals surface area contributed by atoms with E-state index < -0.39 is 16.4 Å². The van der Waals surface area contributed by atoms with Gasteiger partial charge in [0.05, 0.1) is 45.4 Å². The predicted octanol–water partition coefficient (Wildman–Crippen LogP) is 20.7. The molecule has 14 aromatic rings. The van der Waals surface area contributed by atoms with Crippen LogP contribution in [0, 0.1) is 6.92 Å². The van der Waals surface area contributed by atoms with Crippen molar-refractivity contribution < 1.29 is 43.7 Å². The fourth-order valence-electron chi connectivity index (χ4n) is 15.6. The van der Waals surface area contributed by atoms with Gasteiger partial charge in [0.2, 0.25) is 0 Å². The number of benzene rings is 14. The molecule has 0 saturated carbocycles. The summed E-state index contributed by atoms with van der Waals surface area (Å²) in [5.41, 5.74) is 18.1. The Morgan fingerprint density at radius 2 is 0.637 bits per heavy atom. The Bertz CT molecular complexity index is 5250. The summed E-state index contributed by atoms with van der Waals surface area (Å²) in [4.78, 5) is 0. The SMILES string of the molecule is COc1ccc(C2(c3ccc(Oc4ccc(-c5ccc(Oc6ccc(C7(c8ccc(Oc9ccc(-c%10ccc(C)cc%10)cc9C(O)(c9ccc(CO)c(CO)c9)c9ccc(OC)c(OC)c9)cc8)c8ccccc8-c8ccccc87)cc6)cc5)cc4)cc3)c3ccccc3-c3ccccc32)cc1. The molecule has 0 amide bonds. The number of aryl methyl sites for hydroxylation is 1. The smallest absolute Gasteiger partial charge is 0.161 e. The van der Waals surface area contributed by atoms with Crippen LogP contribution in [-0.2, 0) is 29.6 Å². The van der Waals surface area contributed by atoms with E-state index in [2.05, 4.69) is 206 Å². The minimum atomic E-state index is -1.92. The summed E-state index contributed by atoms with van der Waals surface area (Å²) in [5, 5.41) is 34.8. The third-order valence-electron chi connectivity index (χ3n) is 20.6. The van der Waals surface area contributed by atoms with Crippen LogP contribution in [0.5, 0.6) is 51.7 Å². The molecule has 0 fully saturated rings. The maximum absolute atomic E-state index is 13.9. The summed E-state index contributed by atoms with van der Waals surface area (Å²) in [5.74, 6) is 5.53. The highest BCUT2D eigenvalue weighted by Gasteiger charge is 2.48. The monoisotopic (exact) mass is 1330 g/mol. The number of ether oxygens (including phenoxy) is 6. The Labute approximate surface area is 594 Å². The van der Waals surface area contributed by atoms with Gasteiger partial charge >= 0.3 is 0 Å². The zero-order valence-electron chi connectivity index (χ0n) is 56.8. The van der Waals surface area contributed by atoms with E-state index >= 15 is 0 Å². The first kappa shape index (κ1) is 64.4. The van der Waals surface area contributed by atoms with E-state index in [9.17, 15) is 15.3 Å². The normalized spacial score (nSPS) is 13.4. The van der Waals surface area contributed by atoms with Crippen molar-refractivity contribution in [3.05, 3.63) is 399 Å². The van der Waals surface area contributed by atoms with Gasteiger partial charge in [-0.3, -0.25) is 0 Å². The van der Waals surface area contributed by atoms with E-state index in [4.69, 9.17) is 28.4 Å². The van der Waals surface area contributed by atoms with Gasteiger partial charge in [-0.2, -0.15) is 0 Å². The van der Waals surface area contributed by atoms with Crippen molar-refractivity contribution in [2.75, 3.05) is 21.3 Å². The maximum atomic E-state index is 13.9. The van der Waals surface area contributed by atoms with Crippen LogP contribution in [0.4, 0.5) is 0 Å². The molecule has 0 aromatic heterocycles. The Morgan fingerprint density at radius 3 is 1.05 bits per heavy atom. The molecule has 1 atom stereocenters. The summed E-state index contributed by atoms with van der Waals surface area (Å²) in [6.07, 6.45) is 0. The van der Waals surface area contributed by atoms with Crippen LogP contribution in [-0.4, -0.2) is 36.6 Å². The van der Waals surface area contributed by atoms with Crippen LogP contribution in [0.15, 0.2) is 322 Å². The van der Waals surface area contributed by atoms with Crippen LogP contribution < -0.4 is 28.4 Å². The van der Waals surface area contributed by atoms with Gasteiger partial charge in [-0.05, 0) is 221 Å². The molecule has 2 aliphatic carbocycles. The highest BCUT2D eigenvalue weighted by Crippen LogP contribution is 2.59. The van der Waals surface area contributed by atoms with Crippen molar-refractivity contribution in [1.29, 1.82) is 0 Å². The summed E-state index contributed by atoms with van der Waals surface area (Å²) in [6.45, 7) is 1.40. The summed E-state index contributed by atoms with van der Waals surface area (Å²) in [7, 11) is 4.83. The zero-order valence-corrected chi connectivity index (χ0v) is 56.8. The zero-order chi connectivity index (χ0) is 69.5. The van der Waals surface area contributed by atoms with Crippen molar-refractivity contribution in [3.63, 3.8) is 0 Å². The Balaban J connectivity index is 0.673. The Hall–Kier alpha value is -12.2. The quantitative estimate of drug-likeness (QED) is 0.0642. The second-order valence-electron chi connectivity index (χ2n) is 26.0. The molecule has 0 spiro atoms. The molecule has 9 nitrogen and oxygen atoms in total. The van der Waals surface area contributed by atoms with Crippen molar-refractivity contribution in [2.45, 2.75) is 36.6 Å². The molecule has 1 unspecified atom stereocenters. The first-order chi connectivity index (χ1) is 50.0. The lowest BCUT2D eigenvalue weighted by Crippen LogP contribution is -2.30. The number of methoxy groups -OCH3 is 3. The fourth-order valence-corrected chi connectivity index (χ4v) is 15.6. The first-order valence-corrected chi connectivity index (χ1v) is 34.1. The van der Waals surface area contributed by atoms with Crippen molar-refractivity contribution in [3.8, 4) is 96.3 Å². The van der Waals surface area contributed by atoms with Gasteiger partial charge < -0.3 is 43.7 Å². The number of rotatable bonds is 20. The van der Waals surface area contributed by atoms with Gasteiger partial charge in [0.15, 0.2) is 11.5 Å². The molecule has 498 valence electrons. The van der Waals surface area contributed by atoms with Crippen LogP contribution >= 0.6 is 0 Å². The average Bonchev–Trinajstić information content (AvgIpc) is 1.53. The number of aliphatic hydroxyl groups is 3. The number of hydrogen-bond acceptors (Lipinski definition) is 9. The van der Waals surface area contributed by atoms with Crippen LogP contribution in [0.25, 0.3) is 44.5 Å². The Morgan fingerprint density at radius 1 is 0.294 bits per heavy atom. The first-order valence-electron chi connectivity index (χ1n) is 34.1. The molecule has 2 aliphatic rings. The third-order valence-corrected chi connectivity index (χ3v) is 20.6. The molecule has 16 rings (SSSR count). The minimum Gasteiger partial charge on any atom is -0.497 e. The minimum absolute atomic E-state index is 0.288. The van der Waals surface area contributed by atoms with E-state index in [1.54, 1.807) is 57.7 Å². The highest BCUT2D eigenvalue weighted by molar-refractivity contribution is 5.88. The van der Waals surface area contributed by atoms with Gasteiger partial charge in [0.1, 0.15) is 45.8 Å². The lowest BCUT2D eigenvalue weighted by atomic mass is 9.68. The predicted molar refractivity (Wildman–Crippen MR) is 403 cm³/mol. The van der Waals surface area contributed by atoms with Gasteiger partial charge in [-0.15, -0.1) is 0 Å². The van der Waals surface area contributed by atoms with Gasteiger partial charge in [-0.1, -0.05) is 224 Å². The molecular formula is C93H72O9. The van der Waals surface area contributed by atoms with Crippen molar-refractivity contribution >= 4 is 0 Å². The van der Waals surface area contributed by atoms with E-state index in [1.807, 2.05) is 85.8 Å². The summed E-state index contributed by atoms with van der Waals surface area (Å²) >= 11 is 0. The molecule has 0 aliphatic heterocycles. The van der Waals surface area contributed by atoms with Gasteiger partial charge in [0, 0.05) is 5.56 Å². The topological polar surface area (TPSA) is 116 Å². The standard InChI is InChI=1S/C93H72O9/c1-60-21-23-63(24-22-60)64-30-53-88(87(56-64)93(96,71-31-25-65(58-94)66(55-71)59-95)72-40-54-89(98-3)90(57-72)99-4)102-78-51-38-70(39-52-78)92(85-19-11-7-15-81(85)82-16-8-12-20-86(82)92)69-36-49-77(50-37-69)101-75-43-28-62(29-44-75)61-26-41-74(42-27-61)100-76-47-34-68(35-48-76)91(67-32-45-73(97-2)46-33-67)83-17-9-5-13-79(83)80-14-6-10-18-84(80)91/h5-57,94-96H,58-59H2,1-4H3. The van der Waals surface area contributed by atoms with Gasteiger partial charge in [-0.25, -0.2) is 0 Å². The van der Waals surface area contributed by atoms with E-state index in [0.29, 0.717) is 62.3 Å². The van der Waals surface area contributed by atoms with E-state index in [0.717, 1.165) is 84.0 Å². The number of hydrogen-bond donors (Lipinski definition) is 3. The molecule has 0 saturated heterocycles. The number of aliphatic hydroxyl groups excluding tert-OH is 2. The molecule has 9 heteroatoms. The maximum Gasteiger partial charge on any atom is 0.161 e. The molecule has 0 radical (unpaired) electrons. The largest absolute Gasteiger partial charge is 0.497 e. The molecule has 0 bridgehead atoms. The fraction of sp³-hybridized carbons (Fsp3) is 0.0968. The summed E-state index contributed by atoms with van der Waals surface area (Å²) in [6, 6.07) is 109. The van der Waals surface area contributed by atoms with Crippen molar-refractivity contribution in [1.82, 2.24) is 0 Å². The lowest BCUT2D eigenvalue weighted by Gasteiger charge is -2.34. The Kier molecular flexibility index (Phi) is 16.9. The molecule has 3 N–H and O–H groups in total.